The second-order valence-electron chi connectivity index (χ2n) is 6.81. The lowest BCUT2D eigenvalue weighted by Gasteiger charge is -2.13. The van der Waals surface area contributed by atoms with Crippen LogP contribution < -0.4 is 10.6 Å². The highest BCUT2D eigenvalue weighted by atomic mass is 19.4. The lowest BCUT2D eigenvalue weighted by molar-refractivity contribution is -0.137. The van der Waals surface area contributed by atoms with Crippen LogP contribution in [0.4, 0.5) is 30.8 Å². The van der Waals surface area contributed by atoms with Crippen LogP contribution in [0, 0.1) is 6.92 Å². The maximum atomic E-state index is 12.9. The number of hydrogen-bond acceptors (Lipinski definition) is 6. The van der Waals surface area contributed by atoms with E-state index >= 15 is 0 Å². The Morgan fingerprint density at radius 2 is 2.00 bits per heavy atom. The quantitative estimate of drug-likeness (QED) is 0.671. The first kappa shape index (κ1) is 19.2. The third kappa shape index (κ3) is 4.65. The van der Waals surface area contributed by atoms with Crippen LogP contribution in [0.25, 0.3) is 5.69 Å². The van der Waals surface area contributed by atoms with E-state index in [-0.39, 0.29) is 17.7 Å². The average Bonchev–Trinajstić information content (AvgIpc) is 3.33. The fourth-order valence-electron chi connectivity index (χ4n) is 3.05. The van der Waals surface area contributed by atoms with Gasteiger partial charge in [-0.05, 0) is 49.2 Å². The molecule has 0 saturated carbocycles. The maximum Gasteiger partial charge on any atom is 0.416 e. The van der Waals surface area contributed by atoms with E-state index in [0.29, 0.717) is 18.2 Å². The van der Waals surface area contributed by atoms with E-state index < -0.39 is 11.7 Å². The second kappa shape index (κ2) is 7.70. The summed E-state index contributed by atoms with van der Waals surface area (Å²) < 4.78 is 45.4. The van der Waals surface area contributed by atoms with Crippen molar-refractivity contribution >= 4 is 17.6 Å². The first-order chi connectivity index (χ1) is 13.9. The van der Waals surface area contributed by atoms with Gasteiger partial charge in [-0.2, -0.15) is 18.2 Å². The molecule has 1 unspecified atom stereocenters. The van der Waals surface area contributed by atoms with E-state index in [1.165, 1.54) is 23.1 Å². The van der Waals surface area contributed by atoms with E-state index in [4.69, 9.17) is 4.74 Å². The van der Waals surface area contributed by atoms with Gasteiger partial charge in [0.1, 0.15) is 18.0 Å². The summed E-state index contributed by atoms with van der Waals surface area (Å²) in [7, 11) is 0. The van der Waals surface area contributed by atoms with Crippen LogP contribution in [0.5, 0.6) is 0 Å². The Morgan fingerprint density at radius 3 is 2.76 bits per heavy atom. The van der Waals surface area contributed by atoms with Crippen LogP contribution >= 0.6 is 0 Å². The molecule has 1 fully saturated rings. The summed E-state index contributed by atoms with van der Waals surface area (Å²) in [6.45, 7) is 3.31. The minimum Gasteiger partial charge on any atom is -0.379 e. The van der Waals surface area contributed by atoms with Gasteiger partial charge in [0.05, 0.1) is 23.9 Å². The molecular weight excluding hydrogens is 385 g/mol. The monoisotopic (exact) mass is 404 g/mol. The highest BCUT2D eigenvalue weighted by molar-refractivity contribution is 5.54. The number of ether oxygens (including phenoxy) is 1. The summed E-state index contributed by atoms with van der Waals surface area (Å²) in [4.78, 5) is 8.63. The zero-order chi connectivity index (χ0) is 20.4. The van der Waals surface area contributed by atoms with E-state index in [9.17, 15) is 13.2 Å². The molecule has 1 aromatic carbocycles. The second-order valence-corrected chi connectivity index (χ2v) is 6.81. The van der Waals surface area contributed by atoms with Gasteiger partial charge < -0.3 is 15.4 Å². The van der Waals surface area contributed by atoms with Crippen LogP contribution in [-0.2, 0) is 10.9 Å². The number of nitrogens with one attached hydrogen (secondary N) is 2. The zero-order valence-electron chi connectivity index (χ0n) is 15.6. The van der Waals surface area contributed by atoms with Crippen molar-refractivity contribution in [2.24, 2.45) is 0 Å². The predicted molar refractivity (Wildman–Crippen MR) is 101 cm³/mol. The van der Waals surface area contributed by atoms with Crippen LogP contribution in [0.3, 0.4) is 0 Å². The summed E-state index contributed by atoms with van der Waals surface area (Å²) in [6, 6.07) is 8.88. The molecule has 1 aliphatic heterocycles. The molecule has 7 nitrogen and oxygen atoms in total. The van der Waals surface area contributed by atoms with E-state index in [1.54, 1.807) is 0 Å². The molecule has 3 aromatic rings. The highest BCUT2D eigenvalue weighted by Crippen LogP contribution is 2.30. The van der Waals surface area contributed by atoms with Gasteiger partial charge in [0.2, 0.25) is 5.95 Å². The van der Waals surface area contributed by atoms with Crippen molar-refractivity contribution in [1.82, 2.24) is 19.7 Å². The Labute approximate surface area is 164 Å². The Balaban J connectivity index is 1.51. The Bertz CT molecular complexity index is 998. The SMILES string of the molecule is Cc1cc(Nc2ncn(-c3cccc(C(F)(F)F)c3)n2)nc(NC2CCOC2)c1. The summed E-state index contributed by atoms with van der Waals surface area (Å²) in [6.07, 6.45) is -2.15. The largest absolute Gasteiger partial charge is 0.416 e. The standard InChI is InChI=1S/C19H19F3N6O/c1-12-7-16(24-14-5-6-29-10-14)25-17(8-12)26-18-23-11-28(27-18)15-4-2-3-13(9-15)19(20,21)22/h2-4,7-9,11,14H,5-6,10H2,1H3,(H2,24,25,26,27). The fourth-order valence-corrected chi connectivity index (χ4v) is 3.05. The zero-order valence-corrected chi connectivity index (χ0v) is 15.6. The number of aryl methyl sites for hydroxylation is 1. The molecule has 152 valence electrons. The van der Waals surface area contributed by atoms with Gasteiger partial charge in [-0.3, -0.25) is 0 Å². The van der Waals surface area contributed by atoms with Crippen LogP contribution in [0.15, 0.2) is 42.7 Å². The molecule has 0 amide bonds. The number of aromatic nitrogens is 4. The number of halogens is 3. The van der Waals surface area contributed by atoms with Gasteiger partial charge in [0.25, 0.3) is 0 Å². The van der Waals surface area contributed by atoms with E-state index in [2.05, 4.69) is 25.7 Å². The Hall–Kier alpha value is -3.14. The van der Waals surface area contributed by atoms with Crippen molar-refractivity contribution < 1.29 is 17.9 Å². The van der Waals surface area contributed by atoms with Gasteiger partial charge in [-0.15, -0.1) is 5.10 Å². The molecule has 1 atom stereocenters. The molecule has 1 aliphatic rings. The Kier molecular flexibility index (Phi) is 5.10. The summed E-state index contributed by atoms with van der Waals surface area (Å²) in [5, 5.41) is 10.5. The number of benzene rings is 1. The van der Waals surface area contributed by atoms with Gasteiger partial charge in [-0.1, -0.05) is 6.07 Å². The predicted octanol–water partition coefficient (Wildman–Crippen LogP) is 3.93. The molecule has 29 heavy (non-hydrogen) atoms. The maximum absolute atomic E-state index is 12.9. The fraction of sp³-hybridized carbons (Fsp3) is 0.316. The summed E-state index contributed by atoms with van der Waals surface area (Å²) >= 11 is 0. The first-order valence-electron chi connectivity index (χ1n) is 9.06. The minimum atomic E-state index is -4.42. The Morgan fingerprint density at radius 1 is 1.17 bits per heavy atom. The smallest absolute Gasteiger partial charge is 0.379 e. The number of alkyl halides is 3. The van der Waals surface area contributed by atoms with Crippen molar-refractivity contribution in [1.29, 1.82) is 0 Å². The lowest BCUT2D eigenvalue weighted by atomic mass is 10.2. The topological polar surface area (TPSA) is 76.9 Å². The highest BCUT2D eigenvalue weighted by Gasteiger charge is 2.30. The third-order valence-corrected chi connectivity index (χ3v) is 4.42. The normalized spacial score (nSPS) is 16.8. The minimum absolute atomic E-state index is 0.218. The molecule has 2 N–H and O–H groups in total. The average molecular weight is 404 g/mol. The third-order valence-electron chi connectivity index (χ3n) is 4.42. The van der Waals surface area contributed by atoms with Gasteiger partial charge >= 0.3 is 6.18 Å². The van der Waals surface area contributed by atoms with Crippen LogP contribution in [-0.4, -0.2) is 39.0 Å². The van der Waals surface area contributed by atoms with Crippen LogP contribution in [0.1, 0.15) is 17.5 Å². The summed E-state index contributed by atoms with van der Waals surface area (Å²) in [5.41, 5.74) is 0.509. The van der Waals surface area contributed by atoms with Crippen molar-refractivity contribution in [2.45, 2.75) is 25.6 Å². The number of anilines is 3. The molecule has 0 aliphatic carbocycles. The van der Waals surface area contributed by atoms with Gasteiger partial charge in [0, 0.05) is 6.61 Å². The van der Waals surface area contributed by atoms with E-state index in [1.807, 2.05) is 19.1 Å². The molecule has 1 saturated heterocycles. The molecule has 0 spiro atoms. The molecule has 3 heterocycles. The number of pyridine rings is 1. The molecular formula is C19H19F3N6O. The molecule has 2 aromatic heterocycles. The number of hydrogen-bond donors (Lipinski definition) is 2. The number of rotatable bonds is 5. The van der Waals surface area contributed by atoms with Crippen molar-refractivity contribution in [2.75, 3.05) is 23.8 Å². The lowest BCUT2D eigenvalue weighted by Crippen LogP contribution is -2.20. The van der Waals surface area contributed by atoms with Crippen LogP contribution in [0.2, 0.25) is 0 Å². The molecule has 10 heteroatoms. The van der Waals surface area contributed by atoms with Crippen molar-refractivity contribution in [3.63, 3.8) is 0 Å². The summed E-state index contributed by atoms with van der Waals surface area (Å²) in [5.74, 6) is 1.48. The van der Waals surface area contributed by atoms with Crippen molar-refractivity contribution in [3.05, 3.63) is 53.9 Å². The first-order valence-corrected chi connectivity index (χ1v) is 9.06. The molecule has 0 radical (unpaired) electrons. The van der Waals surface area contributed by atoms with E-state index in [0.717, 1.165) is 30.7 Å². The molecule has 4 rings (SSSR count). The van der Waals surface area contributed by atoms with Gasteiger partial charge in [-0.25, -0.2) is 9.67 Å². The van der Waals surface area contributed by atoms with Gasteiger partial charge in [0.15, 0.2) is 0 Å². The van der Waals surface area contributed by atoms with Crippen molar-refractivity contribution in [3.8, 4) is 5.69 Å². The number of nitrogens with zero attached hydrogens (tertiary/aromatic N) is 4. The molecule has 0 bridgehead atoms.